The van der Waals surface area contributed by atoms with Crippen LogP contribution in [0.5, 0.6) is 5.75 Å². The van der Waals surface area contributed by atoms with Crippen LogP contribution in [-0.4, -0.2) is 32.3 Å². The van der Waals surface area contributed by atoms with Gasteiger partial charge in [0.25, 0.3) is 0 Å². The highest BCUT2D eigenvalue weighted by molar-refractivity contribution is 6.31. The predicted molar refractivity (Wildman–Crippen MR) is 77.0 cm³/mol. The van der Waals surface area contributed by atoms with Gasteiger partial charge in [0, 0.05) is 36.3 Å². The third-order valence-electron chi connectivity index (χ3n) is 3.53. The van der Waals surface area contributed by atoms with Gasteiger partial charge < -0.3 is 15.0 Å². The molecule has 0 amide bonds. The van der Waals surface area contributed by atoms with Crippen LogP contribution in [-0.2, 0) is 0 Å². The molecule has 0 radical (unpaired) electrons. The van der Waals surface area contributed by atoms with Crippen molar-refractivity contribution in [3.63, 3.8) is 0 Å². The van der Waals surface area contributed by atoms with E-state index in [1.165, 1.54) is 0 Å². The molecule has 1 aliphatic heterocycles. The minimum atomic E-state index is 0.454. The first-order valence-corrected chi connectivity index (χ1v) is 6.75. The molecule has 3 nitrogen and oxygen atoms in total. The second kappa shape index (κ2) is 5.37. The third kappa shape index (κ3) is 2.57. The summed E-state index contributed by atoms with van der Waals surface area (Å²) in [5.74, 6) is 0.853. The highest BCUT2D eigenvalue weighted by atomic mass is 35.5. The Hall–Kier alpha value is -0.930. The van der Waals surface area contributed by atoms with Crippen LogP contribution in [0, 0.1) is 6.92 Å². The van der Waals surface area contributed by atoms with Gasteiger partial charge in [0.15, 0.2) is 0 Å². The standard InChI is InChI=1S/C14H21ClN2O/c1-9-5-13(14(18-4)6-12(9)15)17-8-10(2)16-7-11(17)3/h5-6,10-11,16H,7-8H2,1-4H3. The maximum Gasteiger partial charge on any atom is 0.143 e. The smallest absolute Gasteiger partial charge is 0.143 e. The summed E-state index contributed by atoms with van der Waals surface area (Å²) in [7, 11) is 1.70. The molecular formula is C14H21ClN2O. The Morgan fingerprint density at radius 1 is 1.39 bits per heavy atom. The van der Waals surface area contributed by atoms with Crippen molar-refractivity contribution in [1.29, 1.82) is 0 Å². The number of nitrogens with one attached hydrogen (secondary N) is 1. The van der Waals surface area contributed by atoms with E-state index in [1.807, 2.05) is 13.0 Å². The molecule has 1 fully saturated rings. The molecule has 1 aliphatic rings. The van der Waals surface area contributed by atoms with Gasteiger partial charge in [-0.05, 0) is 32.4 Å². The van der Waals surface area contributed by atoms with Gasteiger partial charge in [0.1, 0.15) is 5.75 Å². The molecule has 1 saturated heterocycles. The van der Waals surface area contributed by atoms with Gasteiger partial charge in [-0.15, -0.1) is 0 Å². The van der Waals surface area contributed by atoms with Crippen LogP contribution in [0.2, 0.25) is 5.02 Å². The van der Waals surface area contributed by atoms with Gasteiger partial charge in [-0.25, -0.2) is 0 Å². The Labute approximate surface area is 114 Å². The predicted octanol–water partition coefficient (Wildman–Crippen LogP) is 2.84. The van der Waals surface area contributed by atoms with Crippen LogP contribution >= 0.6 is 11.6 Å². The molecule has 1 aromatic carbocycles. The Bertz CT molecular complexity index is 436. The average molecular weight is 269 g/mol. The van der Waals surface area contributed by atoms with Crippen LogP contribution in [0.15, 0.2) is 12.1 Å². The lowest BCUT2D eigenvalue weighted by Crippen LogP contribution is -2.54. The fourth-order valence-corrected chi connectivity index (χ4v) is 2.55. The van der Waals surface area contributed by atoms with Gasteiger partial charge in [0.05, 0.1) is 12.8 Å². The quantitative estimate of drug-likeness (QED) is 0.893. The van der Waals surface area contributed by atoms with E-state index < -0.39 is 0 Å². The van der Waals surface area contributed by atoms with Crippen LogP contribution in [0.4, 0.5) is 5.69 Å². The maximum absolute atomic E-state index is 6.16. The van der Waals surface area contributed by atoms with Crippen LogP contribution in [0.3, 0.4) is 0 Å². The van der Waals surface area contributed by atoms with E-state index in [9.17, 15) is 0 Å². The van der Waals surface area contributed by atoms with Crippen LogP contribution in [0.1, 0.15) is 19.4 Å². The summed E-state index contributed by atoms with van der Waals surface area (Å²) in [6.45, 7) is 8.43. The normalized spacial score (nSPS) is 24.2. The Kier molecular flexibility index (Phi) is 4.03. The number of hydrogen-bond donors (Lipinski definition) is 1. The lowest BCUT2D eigenvalue weighted by atomic mass is 10.1. The molecule has 1 aromatic rings. The summed E-state index contributed by atoms with van der Waals surface area (Å²) in [5.41, 5.74) is 2.23. The van der Waals surface area contributed by atoms with Crippen molar-refractivity contribution in [3.8, 4) is 5.75 Å². The lowest BCUT2D eigenvalue weighted by molar-refractivity contribution is 0.396. The number of anilines is 1. The van der Waals surface area contributed by atoms with E-state index >= 15 is 0 Å². The molecule has 0 spiro atoms. The third-order valence-corrected chi connectivity index (χ3v) is 3.94. The summed E-state index contributed by atoms with van der Waals surface area (Å²) in [6.07, 6.45) is 0. The number of piperazine rings is 1. The van der Waals surface area contributed by atoms with E-state index in [-0.39, 0.29) is 0 Å². The second-order valence-electron chi connectivity index (χ2n) is 5.08. The van der Waals surface area contributed by atoms with Crippen LogP contribution < -0.4 is 15.0 Å². The number of methoxy groups -OCH3 is 1. The first-order valence-electron chi connectivity index (χ1n) is 6.37. The summed E-state index contributed by atoms with van der Waals surface area (Å²) >= 11 is 6.16. The number of halogens is 1. The molecule has 100 valence electrons. The topological polar surface area (TPSA) is 24.5 Å². The van der Waals surface area contributed by atoms with E-state index in [0.717, 1.165) is 35.1 Å². The highest BCUT2D eigenvalue weighted by Crippen LogP contribution is 2.35. The number of ether oxygens (including phenoxy) is 1. The SMILES string of the molecule is COc1cc(Cl)c(C)cc1N1CC(C)NCC1C. The summed E-state index contributed by atoms with van der Waals surface area (Å²) < 4.78 is 5.47. The molecule has 0 bridgehead atoms. The zero-order valence-electron chi connectivity index (χ0n) is 11.5. The molecule has 18 heavy (non-hydrogen) atoms. The maximum atomic E-state index is 6.16. The van der Waals surface area contributed by atoms with Crippen molar-refractivity contribution in [1.82, 2.24) is 5.32 Å². The second-order valence-corrected chi connectivity index (χ2v) is 5.49. The molecule has 2 atom stereocenters. The van der Waals surface area contributed by atoms with Crippen molar-refractivity contribution in [3.05, 3.63) is 22.7 Å². The first kappa shape index (κ1) is 13.5. The van der Waals surface area contributed by atoms with E-state index in [0.29, 0.717) is 12.1 Å². The summed E-state index contributed by atoms with van der Waals surface area (Å²) in [4.78, 5) is 2.39. The van der Waals surface area contributed by atoms with Crippen molar-refractivity contribution in [2.75, 3.05) is 25.1 Å². The van der Waals surface area contributed by atoms with Crippen molar-refractivity contribution < 1.29 is 4.74 Å². The fourth-order valence-electron chi connectivity index (χ4n) is 2.39. The Morgan fingerprint density at radius 2 is 2.11 bits per heavy atom. The largest absolute Gasteiger partial charge is 0.495 e. The molecule has 4 heteroatoms. The van der Waals surface area contributed by atoms with E-state index in [4.69, 9.17) is 16.3 Å². The number of benzene rings is 1. The fraction of sp³-hybridized carbons (Fsp3) is 0.571. The number of hydrogen-bond acceptors (Lipinski definition) is 3. The van der Waals surface area contributed by atoms with Gasteiger partial charge >= 0.3 is 0 Å². The van der Waals surface area contributed by atoms with E-state index in [1.54, 1.807) is 7.11 Å². The minimum Gasteiger partial charge on any atom is -0.495 e. The van der Waals surface area contributed by atoms with Crippen molar-refractivity contribution in [2.24, 2.45) is 0 Å². The van der Waals surface area contributed by atoms with Crippen molar-refractivity contribution >= 4 is 17.3 Å². The number of aryl methyl sites for hydroxylation is 1. The Balaban J connectivity index is 2.39. The van der Waals surface area contributed by atoms with Gasteiger partial charge in [-0.3, -0.25) is 0 Å². The summed E-state index contributed by atoms with van der Waals surface area (Å²) in [6, 6.07) is 4.97. The van der Waals surface area contributed by atoms with Gasteiger partial charge in [-0.2, -0.15) is 0 Å². The molecular weight excluding hydrogens is 248 g/mol. The van der Waals surface area contributed by atoms with Crippen molar-refractivity contribution in [2.45, 2.75) is 32.9 Å². The zero-order valence-corrected chi connectivity index (χ0v) is 12.2. The zero-order chi connectivity index (χ0) is 13.3. The summed E-state index contributed by atoms with van der Waals surface area (Å²) in [5, 5.41) is 4.24. The molecule has 0 aliphatic carbocycles. The van der Waals surface area contributed by atoms with E-state index in [2.05, 4.69) is 30.1 Å². The monoisotopic (exact) mass is 268 g/mol. The minimum absolute atomic E-state index is 0.454. The molecule has 0 saturated carbocycles. The number of nitrogens with zero attached hydrogens (tertiary/aromatic N) is 1. The Morgan fingerprint density at radius 3 is 2.78 bits per heavy atom. The lowest BCUT2D eigenvalue weighted by Gasteiger charge is -2.40. The molecule has 2 rings (SSSR count). The van der Waals surface area contributed by atoms with Gasteiger partial charge in [0.2, 0.25) is 0 Å². The van der Waals surface area contributed by atoms with Crippen LogP contribution in [0.25, 0.3) is 0 Å². The first-order chi connectivity index (χ1) is 8.52. The average Bonchev–Trinajstić information content (AvgIpc) is 2.35. The molecule has 2 unspecified atom stereocenters. The molecule has 1 heterocycles. The van der Waals surface area contributed by atoms with Gasteiger partial charge in [-0.1, -0.05) is 11.6 Å². The molecule has 0 aromatic heterocycles. The molecule has 1 N–H and O–H groups in total. The number of rotatable bonds is 2. The highest BCUT2D eigenvalue weighted by Gasteiger charge is 2.25.